The fraction of sp³-hybridized carbons (Fsp3) is 0.333. The smallest absolute Gasteiger partial charge is 0.0213 e. The normalized spacial score (nSPS) is 13.9. The topological polar surface area (TPSA) is 0 Å². The standard InChI is InChI=1S/2C5H5.C2H7Si.Hf.2H/c2*1-2-4-5-3-1;1-3-2;;;/h2*1-3H,4H2;3H,1-2H3;;;/q2*-1;;;2*-1. The van der Waals surface area contributed by atoms with Gasteiger partial charge in [0.2, 0.25) is 0 Å². The Hall–Kier alpha value is 0.0470. The van der Waals surface area contributed by atoms with Crippen LogP contribution in [0.25, 0.3) is 0 Å². The molecule has 14 heavy (non-hydrogen) atoms. The minimum absolute atomic E-state index is 0. The van der Waals surface area contributed by atoms with E-state index in [9.17, 15) is 0 Å². The third-order valence-electron chi connectivity index (χ3n) is 1.17. The van der Waals surface area contributed by atoms with Crippen molar-refractivity contribution < 1.29 is 28.7 Å². The van der Waals surface area contributed by atoms with E-state index in [4.69, 9.17) is 0 Å². The summed E-state index contributed by atoms with van der Waals surface area (Å²) in [5.41, 5.74) is 0. The molecule has 0 aromatic carbocycles. The Morgan fingerprint density at radius 2 is 1.36 bits per heavy atom. The zero-order chi connectivity index (χ0) is 9.78. The van der Waals surface area contributed by atoms with Gasteiger partial charge in [-0.05, 0) is 0 Å². The van der Waals surface area contributed by atoms with E-state index in [1.807, 2.05) is 24.3 Å². The van der Waals surface area contributed by atoms with Gasteiger partial charge in [-0.2, -0.15) is 12.2 Å². The summed E-state index contributed by atoms with van der Waals surface area (Å²) in [7, 11) is 0.750. The molecule has 0 saturated carbocycles. The molecule has 0 unspecified atom stereocenters. The van der Waals surface area contributed by atoms with Crippen LogP contribution in [0.5, 0.6) is 0 Å². The molecule has 0 heterocycles. The summed E-state index contributed by atoms with van der Waals surface area (Å²) in [6.45, 7) is 4.42. The maximum Gasteiger partial charge on any atom is 0.0213 e. The first-order chi connectivity index (χ1) is 6.41. The molecule has 79 valence electrons. The van der Waals surface area contributed by atoms with Gasteiger partial charge in [-0.15, -0.1) is 12.8 Å². The van der Waals surface area contributed by atoms with Gasteiger partial charge in [-0.25, -0.2) is 24.3 Å². The van der Waals surface area contributed by atoms with Crippen molar-refractivity contribution in [2.24, 2.45) is 0 Å². The van der Waals surface area contributed by atoms with E-state index in [0.29, 0.717) is 0 Å². The molecule has 0 aromatic heterocycles. The van der Waals surface area contributed by atoms with Gasteiger partial charge in [0.25, 0.3) is 0 Å². The van der Waals surface area contributed by atoms with Gasteiger partial charge < -0.3 is 2.85 Å². The van der Waals surface area contributed by atoms with Crippen LogP contribution in [0.1, 0.15) is 15.7 Å². The molecule has 0 bridgehead atoms. The minimum atomic E-state index is 0. The SMILES string of the molecule is C[SiH]C.[C-]1=CC=CC1.[C-]1=CC=CC1.[H-].[H-].[Hf]. The Bertz CT molecular complexity index is 169. The molecule has 0 aromatic rings. The summed E-state index contributed by atoms with van der Waals surface area (Å²) in [5.74, 6) is 0. The average molecular weight is 370 g/mol. The molecular weight excluding hydrogens is 351 g/mol. The summed E-state index contributed by atoms with van der Waals surface area (Å²) in [5, 5.41) is 0. The van der Waals surface area contributed by atoms with Crippen LogP contribution in [0.3, 0.4) is 0 Å². The first kappa shape index (κ1) is 16.5. The van der Waals surface area contributed by atoms with Crippen molar-refractivity contribution in [1.29, 1.82) is 0 Å². The summed E-state index contributed by atoms with van der Waals surface area (Å²) in [6.07, 6.45) is 20.0. The number of hydrogen-bond acceptors (Lipinski definition) is 0. The molecule has 2 rings (SSSR count). The third-order valence-corrected chi connectivity index (χ3v) is 1.17. The van der Waals surface area contributed by atoms with Crippen molar-refractivity contribution in [3.63, 3.8) is 0 Å². The van der Waals surface area contributed by atoms with Crippen molar-refractivity contribution in [2.75, 3.05) is 0 Å². The Morgan fingerprint density at radius 3 is 1.43 bits per heavy atom. The van der Waals surface area contributed by atoms with Crippen LogP contribution in [0, 0.1) is 12.2 Å². The molecule has 2 aliphatic carbocycles. The van der Waals surface area contributed by atoms with Crippen LogP contribution in [0.2, 0.25) is 13.1 Å². The number of rotatable bonds is 0. The van der Waals surface area contributed by atoms with Crippen molar-refractivity contribution >= 4 is 9.52 Å². The quantitative estimate of drug-likeness (QED) is 0.454. The summed E-state index contributed by atoms with van der Waals surface area (Å²) in [4.78, 5) is 0. The fourth-order valence-corrected chi connectivity index (χ4v) is 0.680. The van der Waals surface area contributed by atoms with Crippen LogP contribution in [-0.4, -0.2) is 9.52 Å². The number of allylic oxidation sites excluding steroid dienone is 8. The largest absolute Gasteiger partial charge is 1.00 e. The molecule has 0 nitrogen and oxygen atoms in total. The zero-order valence-electron chi connectivity index (χ0n) is 11.0. The molecule has 0 fully saturated rings. The van der Waals surface area contributed by atoms with E-state index in [1.165, 1.54) is 0 Å². The van der Waals surface area contributed by atoms with Gasteiger partial charge in [0, 0.05) is 35.4 Å². The van der Waals surface area contributed by atoms with Crippen molar-refractivity contribution in [2.45, 2.75) is 25.9 Å². The average Bonchev–Trinajstić information content (AvgIpc) is 2.85. The molecule has 0 aliphatic heterocycles. The van der Waals surface area contributed by atoms with Crippen LogP contribution < -0.4 is 0 Å². The van der Waals surface area contributed by atoms with Crippen LogP contribution in [0.4, 0.5) is 0 Å². The molecule has 0 saturated heterocycles. The Morgan fingerprint density at radius 1 is 1.00 bits per heavy atom. The summed E-state index contributed by atoms with van der Waals surface area (Å²) < 4.78 is 0. The Labute approximate surface area is 112 Å². The van der Waals surface area contributed by atoms with Gasteiger partial charge in [-0.3, -0.25) is 12.2 Å². The molecule has 2 aliphatic rings. The van der Waals surface area contributed by atoms with Gasteiger partial charge in [0.05, 0.1) is 0 Å². The Kier molecular flexibility index (Phi) is 18.3. The summed E-state index contributed by atoms with van der Waals surface area (Å²) >= 11 is 0. The molecule has 0 atom stereocenters. The van der Waals surface area contributed by atoms with E-state index in [0.717, 1.165) is 22.4 Å². The van der Waals surface area contributed by atoms with E-state index in [1.54, 1.807) is 0 Å². The maximum atomic E-state index is 2.99. The molecule has 1 radical (unpaired) electrons. The van der Waals surface area contributed by atoms with Crippen molar-refractivity contribution in [1.82, 2.24) is 0 Å². The van der Waals surface area contributed by atoms with Crippen LogP contribution in [-0.2, 0) is 25.8 Å². The third kappa shape index (κ3) is 14.6. The first-order valence-corrected chi connectivity index (χ1v) is 6.90. The predicted octanol–water partition coefficient (Wildman–Crippen LogP) is 3.35. The predicted molar refractivity (Wildman–Crippen MR) is 64.2 cm³/mol. The van der Waals surface area contributed by atoms with E-state index >= 15 is 0 Å². The zero-order valence-corrected chi connectivity index (χ0v) is 13.7. The second-order valence-electron chi connectivity index (χ2n) is 2.58. The van der Waals surface area contributed by atoms with Crippen LogP contribution >= 0.6 is 0 Å². The molecular formula is C12H19HfSi-4. The van der Waals surface area contributed by atoms with Crippen LogP contribution in [0.15, 0.2) is 36.5 Å². The second kappa shape index (κ2) is 15.5. The first-order valence-electron chi connectivity index (χ1n) is 4.59. The second-order valence-corrected chi connectivity index (χ2v) is 3.74. The van der Waals surface area contributed by atoms with E-state index in [2.05, 4.69) is 37.4 Å². The monoisotopic (exact) mass is 371 g/mol. The van der Waals surface area contributed by atoms with Crippen molar-refractivity contribution in [3.05, 3.63) is 48.6 Å². The minimum Gasteiger partial charge on any atom is -1.00 e. The number of hydrogen-bond donors (Lipinski definition) is 0. The van der Waals surface area contributed by atoms with Gasteiger partial charge in [-0.1, -0.05) is 13.1 Å². The fourth-order valence-electron chi connectivity index (χ4n) is 0.680. The molecule has 0 spiro atoms. The Balaban J connectivity index is -0.0000000638. The van der Waals surface area contributed by atoms with Gasteiger partial charge in [0.1, 0.15) is 0 Å². The van der Waals surface area contributed by atoms with E-state index < -0.39 is 0 Å². The summed E-state index contributed by atoms with van der Waals surface area (Å²) in [6, 6.07) is 0. The molecule has 0 N–H and O–H groups in total. The van der Waals surface area contributed by atoms with E-state index in [-0.39, 0.29) is 28.7 Å². The molecule has 0 amide bonds. The van der Waals surface area contributed by atoms with Gasteiger partial charge >= 0.3 is 0 Å². The maximum absolute atomic E-state index is 2.99. The van der Waals surface area contributed by atoms with Crippen molar-refractivity contribution in [3.8, 4) is 0 Å². The van der Waals surface area contributed by atoms with Gasteiger partial charge in [0.15, 0.2) is 0 Å². The molecule has 2 heteroatoms.